The highest BCUT2D eigenvalue weighted by molar-refractivity contribution is 4.98. The van der Waals surface area contributed by atoms with E-state index in [4.69, 9.17) is 0 Å². The van der Waals surface area contributed by atoms with Crippen molar-refractivity contribution < 1.29 is 0 Å². The molecule has 0 bridgehead atoms. The Kier molecular flexibility index (Phi) is 2.64. The van der Waals surface area contributed by atoms with Crippen LogP contribution in [0.15, 0.2) is 0 Å². The average Bonchev–Trinajstić information content (AvgIpc) is 2.68. The lowest BCUT2D eigenvalue weighted by atomic mass is 9.77. The third-order valence-electron chi connectivity index (χ3n) is 4.24. The van der Waals surface area contributed by atoms with Gasteiger partial charge in [-0.3, -0.25) is 4.90 Å². The van der Waals surface area contributed by atoms with E-state index < -0.39 is 0 Å². The van der Waals surface area contributed by atoms with E-state index in [1.165, 1.54) is 51.6 Å². The highest BCUT2D eigenvalue weighted by Crippen LogP contribution is 2.45. The van der Waals surface area contributed by atoms with E-state index in [1.807, 2.05) is 0 Å². The van der Waals surface area contributed by atoms with Crippen LogP contribution < -0.4 is 0 Å². The Bertz CT molecular complexity index is 178. The minimum Gasteiger partial charge on any atom is -0.300 e. The molecule has 2 rings (SSSR count). The maximum absolute atomic E-state index is 2.73. The van der Waals surface area contributed by atoms with Gasteiger partial charge in [0.15, 0.2) is 0 Å². The Balaban J connectivity index is 1.97. The van der Waals surface area contributed by atoms with Gasteiger partial charge in [-0.15, -0.1) is 0 Å². The predicted molar refractivity (Wildman–Crippen MR) is 56.8 cm³/mol. The van der Waals surface area contributed by atoms with Crippen LogP contribution in [0.25, 0.3) is 0 Å². The van der Waals surface area contributed by atoms with Gasteiger partial charge >= 0.3 is 0 Å². The molecule has 76 valence electrons. The van der Waals surface area contributed by atoms with Gasteiger partial charge in [0.2, 0.25) is 0 Å². The summed E-state index contributed by atoms with van der Waals surface area (Å²) >= 11 is 0. The Labute approximate surface area is 82.5 Å². The zero-order valence-electron chi connectivity index (χ0n) is 9.18. The van der Waals surface area contributed by atoms with Gasteiger partial charge in [0.1, 0.15) is 0 Å². The first-order valence-electron chi connectivity index (χ1n) is 6.00. The van der Waals surface area contributed by atoms with Crippen LogP contribution in [-0.4, -0.2) is 24.0 Å². The van der Waals surface area contributed by atoms with Crippen molar-refractivity contribution in [3.05, 3.63) is 0 Å². The molecule has 2 heterocycles. The maximum Gasteiger partial charge on any atom is 0.0150 e. The first-order chi connectivity index (χ1) is 6.26. The van der Waals surface area contributed by atoms with Crippen LogP contribution >= 0.6 is 0 Å². The summed E-state index contributed by atoms with van der Waals surface area (Å²) < 4.78 is 0. The minimum atomic E-state index is 0.673. The van der Waals surface area contributed by atoms with E-state index in [0.29, 0.717) is 5.41 Å². The molecule has 0 aromatic rings. The first kappa shape index (κ1) is 9.51. The lowest BCUT2D eigenvalue weighted by molar-refractivity contribution is 0.194. The Hall–Kier alpha value is -0.0400. The zero-order chi connectivity index (χ0) is 9.31. The van der Waals surface area contributed by atoms with Gasteiger partial charge in [0.25, 0.3) is 0 Å². The molecule has 13 heavy (non-hydrogen) atoms. The molecule has 0 radical (unpaired) electrons. The molecule has 0 aliphatic carbocycles. The molecular formula is C12H23N. The van der Waals surface area contributed by atoms with Crippen LogP contribution in [-0.2, 0) is 0 Å². The fourth-order valence-corrected chi connectivity index (χ4v) is 3.32. The molecule has 2 atom stereocenters. The number of hydrogen-bond acceptors (Lipinski definition) is 1. The van der Waals surface area contributed by atoms with Crippen molar-refractivity contribution in [2.75, 3.05) is 13.1 Å². The number of unbranched alkanes of at least 4 members (excludes halogenated alkanes) is 1. The molecule has 0 N–H and O–H groups in total. The smallest absolute Gasteiger partial charge is 0.0150 e. The van der Waals surface area contributed by atoms with Gasteiger partial charge in [-0.25, -0.2) is 0 Å². The summed E-state index contributed by atoms with van der Waals surface area (Å²) in [5.41, 5.74) is 0.673. The van der Waals surface area contributed by atoms with Crippen molar-refractivity contribution >= 4 is 0 Å². The molecule has 0 saturated carbocycles. The second kappa shape index (κ2) is 3.61. The molecular weight excluding hydrogens is 158 g/mol. The normalized spacial score (nSPS) is 39.7. The molecule has 0 spiro atoms. The summed E-state index contributed by atoms with van der Waals surface area (Å²) in [6.45, 7) is 7.60. The van der Waals surface area contributed by atoms with Crippen LogP contribution in [0.1, 0.15) is 52.4 Å². The predicted octanol–water partition coefficient (Wildman–Crippen LogP) is 3.05. The number of rotatable bonds is 3. The highest BCUT2D eigenvalue weighted by Gasteiger charge is 2.44. The molecule has 2 unspecified atom stereocenters. The molecule has 0 aromatic carbocycles. The molecule has 2 aliphatic rings. The second-order valence-corrected chi connectivity index (χ2v) is 5.20. The minimum absolute atomic E-state index is 0.673. The van der Waals surface area contributed by atoms with Crippen molar-refractivity contribution in [2.24, 2.45) is 5.41 Å². The number of hydrogen-bond donors (Lipinski definition) is 0. The largest absolute Gasteiger partial charge is 0.300 e. The molecule has 0 amide bonds. The van der Waals surface area contributed by atoms with Crippen LogP contribution in [0.2, 0.25) is 0 Å². The van der Waals surface area contributed by atoms with Gasteiger partial charge < -0.3 is 0 Å². The summed E-state index contributed by atoms with van der Waals surface area (Å²) in [6, 6.07) is 0.944. The first-order valence-corrected chi connectivity index (χ1v) is 6.00. The molecule has 2 aliphatic heterocycles. The molecule has 0 aromatic heterocycles. The Morgan fingerprint density at radius 1 is 1.38 bits per heavy atom. The van der Waals surface area contributed by atoms with Crippen LogP contribution in [0.4, 0.5) is 0 Å². The lowest BCUT2D eigenvalue weighted by Crippen LogP contribution is -2.32. The van der Waals surface area contributed by atoms with Crippen molar-refractivity contribution in [1.29, 1.82) is 0 Å². The SMILES string of the molecule is CCCCC1(C)CCN2CCCC21. The zero-order valence-corrected chi connectivity index (χ0v) is 9.18. The van der Waals surface area contributed by atoms with Crippen LogP contribution in [0, 0.1) is 5.41 Å². The van der Waals surface area contributed by atoms with Gasteiger partial charge in [-0.2, -0.15) is 0 Å². The summed E-state index contributed by atoms with van der Waals surface area (Å²) in [4.78, 5) is 2.73. The van der Waals surface area contributed by atoms with Gasteiger partial charge in [-0.05, 0) is 44.2 Å². The summed E-state index contributed by atoms with van der Waals surface area (Å²) in [5.74, 6) is 0. The van der Waals surface area contributed by atoms with E-state index in [1.54, 1.807) is 0 Å². The molecule has 1 nitrogen and oxygen atoms in total. The van der Waals surface area contributed by atoms with Crippen LogP contribution in [0.3, 0.4) is 0 Å². The standard InChI is InChI=1S/C12H23N/c1-3-4-7-12(2)8-10-13-9-5-6-11(12)13/h11H,3-10H2,1-2H3. The van der Waals surface area contributed by atoms with Crippen molar-refractivity contribution in [3.63, 3.8) is 0 Å². The van der Waals surface area contributed by atoms with Crippen molar-refractivity contribution in [1.82, 2.24) is 4.90 Å². The summed E-state index contributed by atoms with van der Waals surface area (Å²) in [5, 5.41) is 0. The van der Waals surface area contributed by atoms with E-state index in [9.17, 15) is 0 Å². The summed E-state index contributed by atoms with van der Waals surface area (Å²) in [6.07, 6.45) is 8.64. The van der Waals surface area contributed by atoms with Crippen molar-refractivity contribution in [3.8, 4) is 0 Å². The number of nitrogens with zero attached hydrogens (tertiary/aromatic N) is 1. The lowest BCUT2D eigenvalue weighted by Gasteiger charge is -2.31. The van der Waals surface area contributed by atoms with Gasteiger partial charge in [-0.1, -0.05) is 26.7 Å². The Morgan fingerprint density at radius 2 is 2.23 bits per heavy atom. The van der Waals surface area contributed by atoms with Gasteiger partial charge in [0, 0.05) is 6.04 Å². The fourth-order valence-electron chi connectivity index (χ4n) is 3.32. The molecule has 1 heteroatoms. The maximum atomic E-state index is 2.73. The second-order valence-electron chi connectivity index (χ2n) is 5.20. The highest BCUT2D eigenvalue weighted by atomic mass is 15.2. The third-order valence-corrected chi connectivity index (χ3v) is 4.24. The fraction of sp³-hybridized carbons (Fsp3) is 1.00. The quantitative estimate of drug-likeness (QED) is 0.647. The molecule has 2 saturated heterocycles. The van der Waals surface area contributed by atoms with Gasteiger partial charge in [0.05, 0.1) is 0 Å². The van der Waals surface area contributed by atoms with E-state index in [2.05, 4.69) is 18.7 Å². The summed E-state index contributed by atoms with van der Waals surface area (Å²) in [7, 11) is 0. The Morgan fingerprint density at radius 3 is 3.00 bits per heavy atom. The molecule has 2 fully saturated rings. The topological polar surface area (TPSA) is 3.24 Å². The third kappa shape index (κ3) is 1.63. The van der Waals surface area contributed by atoms with Crippen LogP contribution in [0.5, 0.6) is 0 Å². The number of fused-ring (bicyclic) bond motifs is 1. The average molecular weight is 181 g/mol. The van der Waals surface area contributed by atoms with Crippen molar-refractivity contribution in [2.45, 2.75) is 58.4 Å². The van der Waals surface area contributed by atoms with E-state index in [-0.39, 0.29) is 0 Å². The van der Waals surface area contributed by atoms with E-state index in [0.717, 1.165) is 6.04 Å². The van der Waals surface area contributed by atoms with E-state index >= 15 is 0 Å². The monoisotopic (exact) mass is 181 g/mol.